The molecule has 0 aromatic heterocycles. The Labute approximate surface area is 307 Å². The van der Waals surface area contributed by atoms with Crippen molar-refractivity contribution < 1.29 is 14.2 Å². The van der Waals surface area contributed by atoms with Gasteiger partial charge in [0.05, 0.1) is 19.3 Å². The molecule has 3 nitrogen and oxygen atoms in total. The van der Waals surface area contributed by atoms with Gasteiger partial charge in [-0.3, -0.25) is 0 Å². The molecule has 1 saturated heterocycles. The van der Waals surface area contributed by atoms with E-state index in [1.807, 2.05) is 6.92 Å². The van der Waals surface area contributed by atoms with E-state index in [-0.39, 0.29) is 6.10 Å². The lowest BCUT2D eigenvalue weighted by molar-refractivity contribution is -0.329. The Balaban J connectivity index is 2.21. The number of rotatable bonds is 36. The van der Waals surface area contributed by atoms with Gasteiger partial charge in [0.1, 0.15) is 0 Å². The van der Waals surface area contributed by atoms with E-state index in [9.17, 15) is 0 Å². The Hall–Kier alpha value is -1.16. The standard InChI is InChI=1S/C46H84O3/c1-5-8-11-13-15-17-19-21-23-25-27-29-31-33-35-37-39-44(42-47-46(4)48-43-45(49-46)41-10-7-3)40-38-36-34-32-30-28-26-24-22-20-18-16-14-12-9-6-2/h15-18,21-24,44-45H,5-14,19-20,25-43H2,1-4H3/b17-15-,18-16-,23-21-,24-22-. The summed E-state index contributed by atoms with van der Waals surface area (Å²) in [4.78, 5) is 0. The van der Waals surface area contributed by atoms with Crippen molar-refractivity contribution >= 4 is 0 Å². The number of ether oxygens (including phenoxy) is 3. The van der Waals surface area contributed by atoms with Gasteiger partial charge in [-0.2, -0.15) is 0 Å². The quantitative estimate of drug-likeness (QED) is 0.0486. The van der Waals surface area contributed by atoms with Crippen LogP contribution in [-0.2, 0) is 14.2 Å². The molecule has 0 aromatic rings. The summed E-state index contributed by atoms with van der Waals surface area (Å²) < 4.78 is 18.6. The van der Waals surface area contributed by atoms with Gasteiger partial charge in [-0.15, -0.1) is 0 Å². The highest BCUT2D eigenvalue weighted by atomic mass is 16.9. The minimum absolute atomic E-state index is 0.184. The molecule has 0 saturated carbocycles. The molecular formula is C46H84O3. The van der Waals surface area contributed by atoms with Crippen LogP contribution in [0, 0.1) is 5.92 Å². The van der Waals surface area contributed by atoms with Crippen molar-refractivity contribution in [3.8, 4) is 0 Å². The molecule has 1 rings (SSSR count). The number of allylic oxidation sites excluding steroid dienone is 8. The van der Waals surface area contributed by atoms with Gasteiger partial charge in [0.25, 0.3) is 5.97 Å². The first-order valence-corrected chi connectivity index (χ1v) is 21.7. The summed E-state index contributed by atoms with van der Waals surface area (Å²) in [5, 5.41) is 0. The summed E-state index contributed by atoms with van der Waals surface area (Å²) in [6.07, 6.45) is 56.4. The summed E-state index contributed by atoms with van der Waals surface area (Å²) >= 11 is 0. The van der Waals surface area contributed by atoms with Crippen LogP contribution in [0.4, 0.5) is 0 Å². The van der Waals surface area contributed by atoms with Crippen LogP contribution in [0.25, 0.3) is 0 Å². The molecule has 286 valence electrons. The fourth-order valence-corrected chi connectivity index (χ4v) is 6.69. The Morgan fingerprint density at radius 1 is 0.531 bits per heavy atom. The van der Waals surface area contributed by atoms with E-state index in [1.54, 1.807) is 0 Å². The number of hydrogen-bond acceptors (Lipinski definition) is 3. The van der Waals surface area contributed by atoms with Crippen LogP contribution in [0.2, 0.25) is 0 Å². The zero-order valence-corrected chi connectivity index (χ0v) is 33.4. The molecule has 3 heteroatoms. The van der Waals surface area contributed by atoms with Crippen molar-refractivity contribution in [3.63, 3.8) is 0 Å². The molecule has 0 N–H and O–H groups in total. The van der Waals surface area contributed by atoms with Crippen molar-refractivity contribution in [1.29, 1.82) is 0 Å². The predicted molar refractivity (Wildman–Crippen MR) is 216 cm³/mol. The molecule has 0 aliphatic carbocycles. The Bertz CT molecular complexity index is 750. The van der Waals surface area contributed by atoms with Gasteiger partial charge in [-0.25, -0.2) is 0 Å². The van der Waals surface area contributed by atoms with Crippen LogP contribution in [0.15, 0.2) is 48.6 Å². The molecule has 49 heavy (non-hydrogen) atoms. The van der Waals surface area contributed by atoms with Crippen LogP contribution in [0.5, 0.6) is 0 Å². The maximum atomic E-state index is 6.36. The van der Waals surface area contributed by atoms with Crippen molar-refractivity contribution in [3.05, 3.63) is 48.6 Å². The monoisotopic (exact) mass is 685 g/mol. The third-order valence-corrected chi connectivity index (χ3v) is 10.00. The van der Waals surface area contributed by atoms with E-state index in [0.717, 1.165) is 25.9 Å². The second-order valence-corrected chi connectivity index (χ2v) is 15.0. The van der Waals surface area contributed by atoms with Crippen LogP contribution in [0.3, 0.4) is 0 Å². The van der Waals surface area contributed by atoms with Crippen LogP contribution >= 0.6 is 0 Å². The van der Waals surface area contributed by atoms with E-state index in [0.29, 0.717) is 12.5 Å². The fourth-order valence-electron chi connectivity index (χ4n) is 6.69. The van der Waals surface area contributed by atoms with Gasteiger partial charge in [-0.1, -0.05) is 172 Å². The summed E-state index contributed by atoms with van der Waals surface area (Å²) in [5.74, 6) is -0.245. The molecule has 1 aliphatic rings. The lowest BCUT2D eigenvalue weighted by Crippen LogP contribution is -2.32. The zero-order valence-electron chi connectivity index (χ0n) is 33.4. The largest absolute Gasteiger partial charge is 0.327 e. The molecule has 2 atom stereocenters. The molecule has 1 heterocycles. The highest BCUT2D eigenvalue weighted by Crippen LogP contribution is 2.29. The minimum Gasteiger partial charge on any atom is -0.327 e. The zero-order chi connectivity index (χ0) is 35.4. The number of hydrogen-bond donors (Lipinski definition) is 0. The fraction of sp³-hybridized carbons (Fsp3) is 0.826. The van der Waals surface area contributed by atoms with E-state index >= 15 is 0 Å². The lowest BCUT2D eigenvalue weighted by Gasteiger charge is -2.26. The van der Waals surface area contributed by atoms with Crippen LogP contribution < -0.4 is 0 Å². The van der Waals surface area contributed by atoms with Crippen molar-refractivity contribution in [2.45, 2.75) is 226 Å². The maximum Gasteiger partial charge on any atom is 0.280 e. The molecule has 2 unspecified atom stereocenters. The number of unbranched alkanes of at least 4 members (excludes halogenated alkanes) is 19. The SMILES string of the molecule is CCCCC/C=C\C/C=C\CCCCCCCCC(CCCCCCCC/C=C\C/C=C\CCCCC)COC1(C)OCC(CCCC)O1. The summed E-state index contributed by atoms with van der Waals surface area (Å²) in [7, 11) is 0. The lowest BCUT2D eigenvalue weighted by atomic mass is 9.94. The molecule has 0 amide bonds. The molecule has 1 fully saturated rings. The summed E-state index contributed by atoms with van der Waals surface area (Å²) in [5.41, 5.74) is 0. The molecule has 0 radical (unpaired) electrons. The molecular weight excluding hydrogens is 601 g/mol. The van der Waals surface area contributed by atoms with Crippen molar-refractivity contribution in [2.24, 2.45) is 5.92 Å². The normalized spacial score (nSPS) is 18.6. The van der Waals surface area contributed by atoms with Gasteiger partial charge in [0.2, 0.25) is 0 Å². The third kappa shape index (κ3) is 30.2. The van der Waals surface area contributed by atoms with Crippen molar-refractivity contribution in [1.82, 2.24) is 0 Å². The predicted octanol–water partition coefficient (Wildman–Crippen LogP) is 15.3. The first-order chi connectivity index (χ1) is 24.1. The molecule has 0 spiro atoms. The second kappa shape index (κ2) is 35.3. The topological polar surface area (TPSA) is 27.7 Å². The average Bonchev–Trinajstić information content (AvgIpc) is 3.49. The highest BCUT2D eigenvalue weighted by Gasteiger charge is 2.38. The smallest absolute Gasteiger partial charge is 0.280 e. The molecule has 0 bridgehead atoms. The molecule has 0 aromatic carbocycles. The van der Waals surface area contributed by atoms with Gasteiger partial charge < -0.3 is 14.2 Å². The second-order valence-electron chi connectivity index (χ2n) is 15.0. The van der Waals surface area contributed by atoms with E-state index in [1.165, 1.54) is 167 Å². The Morgan fingerprint density at radius 3 is 1.39 bits per heavy atom. The van der Waals surface area contributed by atoms with Crippen LogP contribution in [0.1, 0.15) is 214 Å². The van der Waals surface area contributed by atoms with Crippen LogP contribution in [-0.4, -0.2) is 25.3 Å². The van der Waals surface area contributed by atoms with E-state index in [2.05, 4.69) is 69.4 Å². The Morgan fingerprint density at radius 2 is 0.939 bits per heavy atom. The first-order valence-electron chi connectivity index (χ1n) is 21.7. The Kier molecular flexibility index (Phi) is 33.0. The molecule has 1 aliphatic heterocycles. The van der Waals surface area contributed by atoms with Gasteiger partial charge in [-0.05, 0) is 89.4 Å². The highest BCUT2D eigenvalue weighted by molar-refractivity contribution is 4.93. The van der Waals surface area contributed by atoms with E-state index < -0.39 is 5.97 Å². The van der Waals surface area contributed by atoms with Gasteiger partial charge in [0, 0.05) is 6.92 Å². The summed E-state index contributed by atoms with van der Waals surface area (Å²) in [6, 6.07) is 0. The minimum atomic E-state index is -0.852. The van der Waals surface area contributed by atoms with Crippen molar-refractivity contribution in [2.75, 3.05) is 13.2 Å². The van der Waals surface area contributed by atoms with Gasteiger partial charge >= 0.3 is 0 Å². The summed E-state index contributed by atoms with van der Waals surface area (Å²) in [6.45, 7) is 10.2. The average molecular weight is 685 g/mol. The van der Waals surface area contributed by atoms with Gasteiger partial charge in [0.15, 0.2) is 0 Å². The first kappa shape index (κ1) is 45.9. The van der Waals surface area contributed by atoms with E-state index in [4.69, 9.17) is 14.2 Å². The maximum absolute atomic E-state index is 6.36. The third-order valence-electron chi connectivity index (χ3n) is 10.00.